The first-order chi connectivity index (χ1) is 35.1. The van der Waals surface area contributed by atoms with E-state index in [4.69, 9.17) is 40.1 Å². The second-order valence-electron chi connectivity index (χ2n) is 18.1. The van der Waals surface area contributed by atoms with Crippen LogP contribution in [0.3, 0.4) is 0 Å². The van der Waals surface area contributed by atoms with Crippen molar-refractivity contribution in [2.75, 3.05) is 45.8 Å². The van der Waals surface area contributed by atoms with Gasteiger partial charge >= 0.3 is 5.97 Å². The number of hydrogen-bond acceptors (Lipinski definition) is 16. The van der Waals surface area contributed by atoms with Crippen molar-refractivity contribution in [3.8, 4) is 0 Å². The Morgan fingerprint density at radius 2 is 1.51 bits per heavy atom. The first kappa shape index (κ1) is 61.4. The molecule has 23 N–H and O–H groups in total. The molecule has 1 aromatic carbocycles. The van der Waals surface area contributed by atoms with E-state index in [0.717, 1.165) is 0 Å². The van der Waals surface area contributed by atoms with Crippen LogP contribution in [-0.2, 0) is 43.2 Å². The first-order valence-electron chi connectivity index (χ1n) is 24.5. The molecule has 1 aromatic rings. The molecule has 2 aliphatic rings. The van der Waals surface area contributed by atoms with E-state index in [1.165, 1.54) is 36.1 Å². The van der Waals surface area contributed by atoms with Gasteiger partial charge in [-0.25, -0.2) is 9.18 Å². The molecule has 1 aliphatic carbocycles. The van der Waals surface area contributed by atoms with E-state index in [-0.39, 0.29) is 77.1 Å². The average Bonchev–Trinajstić information content (AvgIpc) is 4.08. The minimum absolute atomic E-state index is 0.0126. The van der Waals surface area contributed by atoms with Gasteiger partial charge in [0, 0.05) is 25.6 Å². The van der Waals surface area contributed by atoms with Crippen LogP contribution in [0.4, 0.5) is 4.39 Å². The quantitative estimate of drug-likeness (QED) is 0.0135. The molecule has 1 saturated carbocycles. The Morgan fingerprint density at radius 3 is 2.11 bits per heavy atom. The van der Waals surface area contributed by atoms with Gasteiger partial charge in [-0.2, -0.15) is 0 Å². The molecule has 1 saturated heterocycles. The Hall–Kier alpha value is -6.85. The van der Waals surface area contributed by atoms with Crippen molar-refractivity contribution in [3.05, 3.63) is 47.4 Å². The van der Waals surface area contributed by atoms with Gasteiger partial charge in [0.25, 0.3) is 0 Å². The minimum Gasteiger partial charge on any atom is -0.477 e. The Labute approximate surface area is 427 Å². The molecule has 8 amide bonds. The maximum atomic E-state index is 14.5. The maximum Gasteiger partial charge on any atom is 0.352 e. The number of aliphatic hydroxyl groups is 1. The summed E-state index contributed by atoms with van der Waals surface area (Å²) in [5.41, 5.74) is 37.1. The molecule has 3 rings (SSSR count). The molecule has 412 valence electrons. The number of carbonyl (C=O) groups excluding carboxylic acids is 8. The molecular weight excluding hydrogens is 972 g/mol. The lowest BCUT2D eigenvalue weighted by Crippen LogP contribution is -2.65. The highest BCUT2D eigenvalue weighted by atomic mass is 19.1. The lowest BCUT2D eigenvalue weighted by atomic mass is 9.97. The maximum absolute atomic E-state index is 14.5. The van der Waals surface area contributed by atoms with Gasteiger partial charge in [0.1, 0.15) is 47.3 Å². The zero-order valence-electron chi connectivity index (χ0n) is 41.6. The second-order valence-corrected chi connectivity index (χ2v) is 18.1. The topological polar surface area (TPSA) is 476 Å². The third-order valence-electron chi connectivity index (χ3n) is 12.4. The smallest absolute Gasteiger partial charge is 0.352 e. The van der Waals surface area contributed by atoms with Crippen molar-refractivity contribution in [3.63, 3.8) is 0 Å². The number of aliphatic hydroxyl groups excluding tert-OH is 1. The second kappa shape index (κ2) is 30.4. The summed E-state index contributed by atoms with van der Waals surface area (Å²) in [7, 11) is 0. The van der Waals surface area contributed by atoms with Gasteiger partial charge in [-0.1, -0.05) is 24.6 Å². The van der Waals surface area contributed by atoms with Crippen LogP contribution < -0.4 is 77.4 Å². The number of likely N-dealkylation sites (tertiary alicyclic amines) is 1. The minimum atomic E-state index is -1.76. The van der Waals surface area contributed by atoms with Gasteiger partial charge in [0.05, 0.1) is 18.7 Å². The predicted octanol–water partition coefficient (Wildman–Crippen LogP) is -5.76. The van der Waals surface area contributed by atoms with E-state index in [0.29, 0.717) is 37.8 Å². The number of nitrogens with zero attached hydrogens (tertiary/aromatic N) is 2. The van der Waals surface area contributed by atoms with Crippen LogP contribution >= 0.6 is 0 Å². The van der Waals surface area contributed by atoms with E-state index >= 15 is 0 Å². The van der Waals surface area contributed by atoms with Crippen LogP contribution in [0.25, 0.3) is 0 Å². The van der Waals surface area contributed by atoms with E-state index < -0.39 is 132 Å². The molecule has 9 atom stereocenters. The number of aliphatic imine (C=N–C) groups is 1. The summed E-state index contributed by atoms with van der Waals surface area (Å²) in [6, 6.07) is -2.22. The van der Waals surface area contributed by atoms with Crippen molar-refractivity contribution >= 4 is 59.2 Å². The number of carboxylic acid groups (broad SMARTS) is 1. The molecule has 27 nitrogen and oxygen atoms in total. The third kappa shape index (κ3) is 18.6. The summed E-state index contributed by atoms with van der Waals surface area (Å²) in [4.78, 5) is 125. The first-order valence-corrected chi connectivity index (χ1v) is 24.5. The molecule has 2 fully saturated rings. The summed E-state index contributed by atoms with van der Waals surface area (Å²) < 4.78 is 14.5. The molecule has 1 aliphatic heterocycles. The standard InChI is InChI=1S/C46H75FN16O11/c1-25(57-41(70)36(34(64)23-51)61-38(67)29(52)11-2-4-16-48)37(66)56-24-35(65)58-31(13-7-18-50)42(71)63-20-15-33(63)40(69)62-46(22-28(46)26-9-6-10-27(47)21-26)44(74)60-30(12-3-5-17-49)39(68)59-32(43(72)73)14-8-19-55-45(53)54/h6,9-10,14,21,25,28-31,33-34,36,64H,2-5,7-8,11-13,15-20,22-24,48-52H2,1H3,(H,56,66)(H,57,70)(H,58,65)(H,59,68)(H,60,74)(H,61,67)(H,62,69)(H,72,73)(H4,53,54,55)/b32-14-/t25-,28-,29-,30-,31+,33-,34-,36-,46?/m0/s1. The van der Waals surface area contributed by atoms with Crippen LogP contribution in [0.15, 0.2) is 41.0 Å². The van der Waals surface area contributed by atoms with Gasteiger partial charge in [-0.05, 0) is 108 Å². The Kier molecular flexibility index (Phi) is 25.2. The Balaban J connectivity index is 1.74. The molecule has 0 radical (unpaired) electrons. The number of nitrogens with two attached hydrogens (primary N) is 7. The Morgan fingerprint density at radius 1 is 0.851 bits per heavy atom. The molecule has 28 heteroatoms. The average molecular weight is 1050 g/mol. The zero-order valence-corrected chi connectivity index (χ0v) is 41.6. The summed E-state index contributed by atoms with van der Waals surface area (Å²) in [5, 5.41) is 37.6. The fraction of sp³-hybridized carbons (Fsp3) is 0.609. The lowest BCUT2D eigenvalue weighted by molar-refractivity contribution is -0.151. The largest absolute Gasteiger partial charge is 0.477 e. The van der Waals surface area contributed by atoms with Crippen LogP contribution in [0.5, 0.6) is 0 Å². The molecule has 0 bridgehead atoms. The number of carboxylic acids is 1. The number of amides is 8. The van der Waals surface area contributed by atoms with Crippen molar-refractivity contribution in [1.82, 2.24) is 42.1 Å². The van der Waals surface area contributed by atoms with E-state index in [1.54, 1.807) is 6.07 Å². The van der Waals surface area contributed by atoms with Crippen molar-refractivity contribution in [1.29, 1.82) is 0 Å². The molecular formula is C46H75FN16O11. The highest BCUT2D eigenvalue weighted by Gasteiger charge is 2.63. The predicted molar refractivity (Wildman–Crippen MR) is 267 cm³/mol. The summed E-state index contributed by atoms with van der Waals surface area (Å²) in [6.07, 6.45) is 2.28. The van der Waals surface area contributed by atoms with Crippen molar-refractivity contribution in [2.24, 2.45) is 45.1 Å². The van der Waals surface area contributed by atoms with Crippen molar-refractivity contribution in [2.45, 2.75) is 131 Å². The fourth-order valence-corrected chi connectivity index (χ4v) is 8.01. The number of guanidine groups is 1. The Bertz CT molecular complexity index is 2200. The number of unbranched alkanes of at least 4 members (excludes halogenated alkanes) is 2. The van der Waals surface area contributed by atoms with Crippen LogP contribution in [0.1, 0.15) is 89.0 Å². The van der Waals surface area contributed by atoms with Gasteiger partial charge in [-0.15, -0.1) is 0 Å². The SMILES string of the molecule is C[C@H](NC(=O)[C@@H](NC(=O)[C@@H](N)CCCCN)[C@@H](O)CN)C(=O)NCC(=O)N[C@H](CCCN)C(=O)N1CC[C@H]1C(=O)NC1(C(=O)N[C@@H](CCCCN)C(=O)N/C(=C\CCN=C(N)N)C(=O)O)C[C@H]1c1cccc(F)c1. The number of hydrogen-bond donors (Lipinski definition) is 16. The third-order valence-corrected chi connectivity index (χ3v) is 12.4. The van der Waals surface area contributed by atoms with Gasteiger partial charge in [-0.3, -0.25) is 43.3 Å². The van der Waals surface area contributed by atoms with Gasteiger partial charge in [0.15, 0.2) is 5.96 Å². The zero-order chi connectivity index (χ0) is 55.1. The van der Waals surface area contributed by atoms with Crippen LogP contribution in [-0.4, -0.2) is 168 Å². The number of halogens is 1. The number of rotatable bonds is 33. The van der Waals surface area contributed by atoms with Crippen molar-refractivity contribution < 1.29 is 57.8 Å². The number of benzene rings is 1. The van der Waals surface area contributed by atoms with Gasteiger partial charge in [0.2, 0.25) is 47.3 Å². The highest BCUT2D eigenvalue weighted by molar-refractivity contribution is 6.02. The molecule has 0 aromatic heterocycles. The monoisotopic (exact) mass is 1050 g/mol. The van der Waals surface area contributed by atoms with Gasteiger partial charge < -0.3 is 92.5 Å². The van der Waals surface area contributed by atoms with E-state index in [9.17, 15) is 57.8 Å². The molecule has 0 spiro atoms. The number of carbonyl (C=O) groups is 9. The lowest BCUT2D eigenvalue weighted by Gasteiger charge is -2.42. The number of nitrogens with one attached hydrogen (secondary N) is 7. The fourth-order valence-electron chi connectivity index (χ4n) is 8.01. The number of aliphatic carboxylic acids is 1. The normalized spacial score (nSPS) is 19.4. The molecule has 1 heterocycles. The summed E-state index contributed by atoms with van der Waals surface area (Å²) in [6.45, 7) is 1.05. The summed E-state index contributed by atoms with van der Waals surface area (Å²) >= 11 is 0. The van der Waals surface area contributed by atoms with E-state index in [2.05, 4.69) is 42.2 Å². The van der Waals surface area contributed by atoms with Crippen LogP contribution in [0, 0.1) is 5.82 Å². The molecule has 1 unspecified atom stereocenters. The molecule has 74 heavy (non-hydrogen) atoms. The summed E-state index contributed by atoms with van der Waals surface area (Å²) in [5.74, 6) is -9.64. The highest BCUT2D eigenvalue weighted by Crippen LogP contribution is 2.52. The van der Waals surface area contributed by atoms with Crippen LogP contribution in [0.2, 0.25) is 0 Å². The van der Waals surface area contributed by atoms with E-state index in [1.807, 2.05) is 0 Å².